The van der Waals surface area contributed by atoms with Crippen molar-refractivity contribution in [3.8, 4) is 0 Å². The van der Waals surface area contributed by atoms with Crippen molar-refractivity contribution in [3.05, 3.63) is 34.9 Å². The minimum absolute atomic E-state index is 0.175. The molecular formula is C14H18F2N2O. The molecule has 2 atom stereocenters. The quantitative estimate of drug-likeness (QED) is 0.882. The third kappa shape index (κ3) is 3.10. The van der Waals surface area contributed by atoms with Gasteiger partial charge in [0.2, 0.25) is 0 Å². The van der Waals surface area contributed by atoms with Crippen molar-refractivity contribution in [3.63, 3.8) is 0 Å². The Morgan fingerprint density at radius 1 is 1.42 bits per heavy atom. The fourth-order valence-electron chi connectivity index (χ4n) is 2.49. The molecule has 2 unspecified atom stereocenters. The average molecular weight is 268 g/mol. The lowest BCUT2D eigenvalue weighted by Gasteiger charge is -2.12. The molecular weight excluding hydrogens is 250 g/mol. The van der Waals surface area contributed by atoms with Crippen molar-refractivity contribution in [2.45, 2.75) is 32.2 Å². The number of rotatable bonds is 3. The standard InChI is InChI=1S/C14H18F2N2O/c1-8-2-5-11(15)12(13(8)16)14(19)18-7-9-3-4-10(17)6-9/h2,5,9-10H,3-4,6-7,17H2,1H3,(H,18,19). The molecule has 0 aromatic heterocycles. The third-order valence-corrected chi connectivity index (χ3v) is 3.64. The summed E-state index contributed by atoms with van der Waals surface area (Å²) in [7, 11) is 0. The van der Waals surface area contributed by atoms with Crippen LogP contribution < -0.4 is 11.1 Å². The number of hydrogen-bond donors (Lipinski definition) is 2. The summed E-state index contributed by atoms with van der Waals surface area (Å²) in [4.78, 5) is 11.9. The van der Waals surface area contributed by atoms with Crippen molar-refractivity contribution in [1.82, 2.24) is 5.32 Å². The summed E-state index contributed by atoms with van der Waals surface area (Å²) in [5.41, 5.74) is 5.54. The van der Waals surface area contributed by atoms with E-state index in [4.69, 9.17) is 5.73 Å². The smallest absolute Gasteiger partial charge is 0.257 e. The monoisotopic (exact) mass is 268 g/mol. The Labute approximate surface area is 111 Å². The van der Waals surface area contributed by atoms with Gasteiger partial charge in [0, 0.05) is 12.6 Å². The fraction of sp³-hybridized carbons (Fsp3) is 0.500. The summed E-state index contributed by atoms with van der Waals surface area (Å²) < 4.78 is 27.3. The Hall–Kier alpha value is -1.49. The summed E-state index contributed by atoms with van der Waals surface area (Å²) in [5, 5.41) is 2.60. The molecule has 1 fully saturated rings. The molecule has 0 spiro atoms. The van der Waals surface area contributed by atoms with Crippen LogP contribution in [0.4, 0.5) is 8.78 Å². The summed E-state index contributed by atoms with van der Waals surface area (Å²) in [6, 6.07) is 2.60. The summed E-state index contributed by atoms with van der Waals surface area (Å²) in [6.45, 7) is 1.92. The van der Waals surface area contributed by atoms with E-state index in [1.165, 1.54) is 13.0 Å². The number of nitrogens with one attached hydrogen (secondary N) is 1. The first-order valence-corrected chi connectivity index (χ1v) is 6.47. The maximum atomic E-state index is 13.8. The van der Waals surface area contributed by atoms with Gasteiger partial charge in [0.05, 0.1) is 0 Å². The number of aryl methyl sites for hydroxylation is 1. The van der Waals surface area contributed by atoms with Gasteiger partial charge < -0.3 is 11.1 Å². The summed E-state index contributed by atoms with van der Waals surface area (Å²) >= 11 is 0. The first kappa shape index (κ1) is 13.9. The number of benzene rings is 1. The number of carbonyl (C=O) groups excluding carboxylic acids is 1. The molecule has 3 N–H and O–H groups in total. The van der Waals surface area contributed by atoms with Gasteiger partial charge in [-0.05, 0) is 43.7 Å². The van der Waals surface area contributed by atoms with Crippen LogP contribution in [0.25, 0.3) is 0 Å². The van der Waals surface area contributed by atoms with Crippen LogP contribution in [-0.2, 0) is 0 Å². The highest BCUT2D eigenvalue weighted by Gasteiger charge is 2.24. The molecule has 1 saturated carbocycles. The van der Waals surface area contributed by atoms with Gasteiger partial charge in [-0.25, -0.2) is 8.78 Å². The van der Waals surface area contributed by atoms with Crippen molar-refractivity contribution in [2.24, 2.45) is 11.7 Å². The molecule has 5 heteroatoms. The van der Waals surface area contributed by atoms with E-state index in [1.54, 1.807) is 0 Å². The molecule has 0 bridgehead atoms. The zero-order valence-electron chi connectivity index (χ0n) is 10.9. The third-order valence-electron chi connectivity index (χ3n) is 3.64. The summed E-state index contributed by atoms with van der Waals surface area (Å²) in [6.07, 6.45) is 2.73. The van der Waals surface area contributed by atoms with Crippen LogP contribution in [0.3, 0.4) is 0 Å². The van der Waals surface area contributed by atoms with Crippen LogP contribution in [-0.4, -0.2) is 18.5 Å². The van der Waals surface area contributed by atoms with Crippen LogP contribution in [0.15, 0.2) is 12.1 Å². The maximum absolute atomic E-state index is 13.8. The van der Waals surface area contributed by atoms with Crippen molar-refractivity contribution >= 4 is 5.91 Å². The lowest BCUT2D eigenvalue weighted by atomic mass is 10.1. The molecule has 1 aliphatic carbocycles. The van der Waals surface area contributed by atoms with Gasteiger partial charge in [-0.3, -0.25) is 4.79 Å². The van der Waals surface area contributed by atoms with Crippen LogP contribution in [0.5, 0.6) is 0 Å². The maximum Gasteiger partial charge on any atom is 0.257 e. The molecule has 19 heavy (non-hydrogen) atoms. The van der Waals surface area contributed by atoms with Crippen LogP contribution in [0, 0.1) is 24.5 Å². The first-order valence-electron chi connectivity index (χ1n) is 6.47. The van der Waals surface area contributed by atoms with E-state index in [1.807, 2.05) is 0 Å². The molecule has 104 valence electrons. The van der Waals surface area contributed by atoms with Gasteiger partial charge in [0.25, 0.3) is 5.91 Å². The van der Waals surface area contributed by atoms with Gasteiger partial charge >= 0.3 is 0 Å². The second-order valence-corrected chi connectivity index (χ2v) is 5.20. The van der Waals surface area contributed by atoms with Crippen molar-refractivity contribution in [1.29, 1.82) is 0 Å². The van der Waals surface area contributed by atoms with Crippen molar-refractivity contribution in [2.75, 3.05) is 6.54 Å². The lowest BCUT2D eigenvalue weighted by Crippen LogP contribution is -2.30. The average Bonchev–Trinajstić information content (AvgIpc) is 2.78. The van der Waals surface area contributed by atoms with E-state index in [0.717, 1.165) is 25.3 Å². The Morgan fingerprint density at radius 2 is 2.16 bits per heavy atom. The van der Waals surface area contributed by atoms with Crippen LogP contribution in [0.2, 0.25) is 0 Å². The summed E-state index contributed by atoms with van der Waals surface area (Å²) in [5.74, 6) is -2.02. The topological polar surface area (TPSA) is 55.1 Å². The molecule has 1 amide bonds. The van der Waals surface area contributed by atoms with E-state index >= 15 is 0 Å². The van der Waals surface area contributed by atoms with E-state index in [2.05, 4.69) is 5.32 Å². The fourth-order valence-corrected chi connectivity index (χ4v) is 2.49. The second kappa shape index (κ2) is 5.65. The number of carbonyl (C=O) groups is 1. The number of hydrogen-bond acceptors (Lipinski definition) is 2. The number of amides is 1. The Kier molecular flexibility index (Phi) is 4.14. The zero-order valence-corrected chi connectivity index (χ0v) is 10.9. The molecule has 1 aromatic rings. The van der Waals surface area contributed by atoms with Gasteiger partial charge in [0.15, 0.2) is 0 Å². The normalized spacial score (nSPS) is 22.5. The molecule has 0 heterocycles. The molecule has 2 rings (SSSR count). The molecule has 0 saturated heterocycles. The highest BCUT2D eigenvalue weighted by atomic mass is 19.1. The largest absolute Gasteiger partial charge is 0.352 e. The number of nitrogens with two attached hydrogens (primary N) is 1. The van der Waals surface area contributed by atoms with E-state index < -0.39 is 23.1 Å². The Bertz CT molecular complexity index is 491. The van der Waals surface area contributed by atoms with E-state index in [9.17, 15) is 13.6 Å². The highest BCUT2D eigenvalue weighted by molar-refractivity contribution is 5.94. The lowest BCUT2D eigenvalue weighted by molar-refractivity contribution is 0.0938. The van der Waals surface area contributed by atoms with Gasteiger partial charge in [-0.2, -0.15) is 0 Å². The van der Waals surface area contributed by atoms with Gasteiger partial charge in [-0.15, -0.1) is 0 Å². The number of halogens is 2. The minimum Gasteiger partial charge on any atom is -0.352 e. The van der Waals surface area contributed by atoms with E-state index in [-0.39, 0.29) is 11.6 Å². The van der Waals surface area contributed by atoms with Gasteiger partial charge in [-0.1, -0.05) is 6.07 Å². The SMILES string of the molecule is Cc1ccc(F)c(C(=O)NCC2CCC(N)C2)c1F. The first-order chi connectivity index (χ1) is 8.99. The molecule has 3 nitrogen and oxygen atoms in total. The predicted molar refractivity (Wildman–Crippen MR) is 68.7 cm³/mol. The highest BCUT2D eigenvalue weighted by Crippen LogP contribution is 2.23. The predicted octanol–water partition coefficient (Wildman–Crippen LogP) is 2.13. The second-order valence-electron chi connectivity index (χ2n) is 5.20. The molecule has 1 aliphatic rings. The van der Waals surface area contributed by atoms with Crippen LogP contribution >= 0.6 is 0 Å². The molecule has 0 aliphatic heterocycles. The van der Waals surface area contributed by atoms with Crippen molar-refractivity contribution < 1.29 is 13.6 Å². The van der Waals surface area contributed by atoms with Crippen LogP contribution in [0.1, 0.15) is 35.2 Å². The molecule has 0 radical (unpaired) electrons. The van der Waals surface area contributed by atoms with Gasteiger partial charge in [0.1, 0.15) is 17.2 Å². The zero-order chi connectivity index (χ0) is 14.0. The minimum atomic E-state index is -0.830. The Morgan fingerprint density at radius 3 is 2.79 bits per heavy atom. The Balaban J connectivity index is 2.02. The molecule has 1 aromatic carbocycles. The van der Waals surface area contributed by atoms with E-state index in [0.29, 0.717) is 12.5 Å².